The molecule has 36 heavy (non-hydrogen) atoms. The molecule has 0 aliphatic rings. The van der Waals surface area contributed by atoms with Crippen molar-refractivity contribution in [2.24, 2.45) is 0 Å². The second-order valence-electron chi connectivity index (χ2n) is 8.60. The van der Waals surface area contributed by atoms with E-state index in [1.54, 1.807) is 18.2 Å². The number of halogens is 1. The van der Waals surface area contributed by atoms with Crippen LogP contribution in [0.1, 0.15) is 70.8 Å². The summed E-state index contributed by atoms with van der Waals surface area (Å²) in [6, 6.07) is 22.6. The van der Waals surface area contributed by atoms with Crippen LogP contribution < -0.4 is 10.1 Å². The summed E-state index contributed by atoms with van der Waals surface area (Å²) >= 11 is 6.14. The number of ether oxygens (including phenoxy) is 1. The van der Waals surface area contributed by atoms with Gasteiger partial charge in [-0.1, -0.05) is 55.3 Å². The zero-order valence-electron chi connectivity index (χ0n) is 20.3. The SMILES string of the molecule is CCC[C@H](c1ccc(C(=O)NCCC(=O)O)cc1)[C@@H](Oc1ccc(C)c(C#N)c1)c1ccc(Cl)cc1. The van der Waals surface area contributed by atoms with Crippen molar-refractivity contribution in [2.75, 3.05) is 6.54 Å². The van der Waals surface area contributed by atoms with Crippen LogP contribution in [-0.4, -0.2) is 23.5 Å². The standard InChI is InChI=1S/C29H29ClN2O4/c1-3-4-26(20-6-8-22(9-7-20)29(35)32-16-15-27(33)34)28(21-10-12-24(30)13-11-21)36-25-14-5-19(2)23(17-25)18-31/h5-14,17,26,28H,3-4,15-16H2,1-2H3,(H,32,35)(H,33,34)/t26-,28+/m1/s1. The van der Waals surface area contributed by atoms with Gasteiger partial charge in [0.1, 0.15) is 11.9 Å². The Balaban J connectivity index is 1.93. The van der Waals surface area contributed by atoms with Crippen molar-refractivity contribution in [3.8, 4) is 11.8 Å². The molecule has 3 rings (SSSR count). The molecule has 3 aromatic carbocycles. The van der Waals surface area contributed by atoms with Crippen LogP contribution in [0.25, 0.3) is 0 Å². The molecule has 1 amide bonds. The molecule has 0 saturated heterocycles. The first-order valence-corrected chi connectivity index (χ1v) is 12.2. The number of nitriles is 1. The molecule has 0 unspecified atom stereocenters. The summed E-state index contributed by atoms with van der Waals surface area (Å²) in [6.45, 7) is 4.07. The van der Waals surface area contributed by atoms with Crippen molar-refractivity contribution in [1.29, 1.82) is 5.26 Å². The van der Waals surface area contributed by atoms with E-state index in [0.717, 1.165) is 29.5 Å². The van der Waals surface area contributed by atoms with E-state index < -0.39 is 5.97 Å². The van der Waals surface area contributed by atoms with E-state index in [1.165, 1.54) is 0 Å². The van der Waals surface area contributed by atoms with Gasteiger partial charge in [0.15, 0.2) is 0 Å². The molecule has 6 nitrogen and oxygen atoms in total. The topological polar surface area (TPSA) is 99.4 Å². The van der Waals surface area contributed by atoms with Gasteiger partial charge >= 0.3 is 5.97 Å². The van der Waals surface area contributed by atoms with Gasteiger partial charge in [0.05, 0.1) is 18.1 Å². The Morgan fingerprint density at radius 3 is 2.33 bits per heavy atom. The van der Waals surface area contributed by atoms with Gasteiger partial charge in [0, 0.05) is 23.0 Å². The molecule has 0 fully saturated rings. The first kappa shape index (κ1) is 26.8. The van der Waals surface area contributed by atoms with Crippen LogP contribution in [0.3, 0.4) is 0 Å². The number of aliphatic carboxylic acids is 1. The average Bonchev–Trinajstić information content (AvgIpc) is 2.87. The Morgan fingerprint density at radius 1 is 1.06 bits per heavy atom. The van der Waals surface area contributed by atoms with Crippen LogP contribution in [-0.2, 0) is 4.79 Å². The molecule has 3 aromatic rings. The lowest BCUT2D eigenvalue weighted by atomic mass is 9.85. The van der Waals surface area contributed by atoms with E-state index in [9.17, 15) is 14.9 Å². The third-order valence-electron chi connectivity index (χ3n) is 5.98. The molecule has 2 atom stereocenters. The first-order valence-electron chi connectivity index (χ1n) is 11.8. The van der Waals surface area contributed by atoms with Crippen LogP contribution in [0, 0.1) is 18.3 Å². The quantitative estimate of drug-likeness (QED) is 0.313. The van der Waals surface area contributed by atoms with Crippen molar-refractivity contribution in [3.05, 3.63) is 99.6 Å². The predicted octanol–water partition coefficient (Wildman–Crippen LogP) is 6.43. The minimum absolute atomic E-state index is 0.0351. The number of carboxylic acid groups (broad SMARTS) is 1. The van der Waals surface area contributed by atoms with Crippen molar-refractivity contribution in [2.45, 2.75) is 45.1 Å². The molecular weight excluding hydrogens is 476 g/mol. The van der Waals surface area contributed by atoms with Crippen molar-refractivity contribution >= 4 is 23.5 Å². The summed E-state index contributed by atoms with van der Waals surface area (Å²) in [5, 5.41) is 21.5. The number of carboxylic acids is 1. The van der Waals surface area contributed by atoms with Crippen LogP contribution in [0.5, 0.6) is 5.75 Å². The van der Waals surface area contributed by atoms with Crippen molar-refractivity contribution in [3.63, 3.8) is 0 Å². The molecule has 0 aliphatic carbocycles. The fourth-order valence-electron chi connectivity index (χ4n) is 4.05. The molecule has 186 valence electrons. The van der Waals surface area contributed by atoms with Crippen LogP contribution >= 0.6 is 11.6 Å². The molecule has 0 aromatic heterocycles. The fraction of sp³-hybridized carbons (Fsp3) is 0.276. The number of rotatable bonds is 11. The van der Waals surface area contributed by atoms with Gasteiger partial charge in [-0.2, -0.15) is 5.26 Å². The van der Waals surface area contributed by atoms with Gasteiger partial charge < -0.3 is 15.2 Å². The van der Waals surface area contributed by atoms with Gasteiger partial charge in [0.25, 0.3) is 5.91 Å². The summed E-state index contributed by atoms with van der Waals surface area (Å²) < 4.78 is 6.53. The Kier molecular flexibility index (Phi) is 9.49. The Hall–Kier alpha value is -3.82. The highest BCUT2D eigenvalue weighted by atomic mass is 35.5. The third kappa shape index (κ3) is 7.10. The minimum Gasteiger partial charge on any atom is -0.485 e. The molecule has 0 aliphatic heterocycles. The third-order valence-corrected chi connectivity index (χ3v) is 6.23. The number of benzene rings is 3. The number of carbonyl (C=O) groups is 2. The Labute approximate surface area is 216 Å². The number of carbonyl (C=O) groups excluding carboxylic acids is 1. The zero-order valence-corrected chi connectivity index (χ0v) is 21.1. The van der Waals surface area contributed by atoms with Crippen LogP contribution in [0.15, 0.2) is 66.7 Å². The van der Waals surface area contributed by atoms with Crippen LogP contribution in [0.2, 0.25) is 5.02 Å². The molecule has 0 radical (unpaired) electrons. The summed E-state index contributed by atoms with van der Waals surface area (Å²) in [4.78, 5) is 23.1. The van der Waals surface area contributed by atoms with Gasteiger partial charge in [-0.15, -0.1) is 0 Å². The zero-order chi connectivity index (χ0) is 26.1. The lowest BCUT2D eigenvalue weighted by molar-refractivity contribution is -0.136. The normalized spacial score (nSPS) is 12.3. The average molecular weight is 505 g/mol. The van der Waals surface area contributed by atoms with E-state index in [1.807, 2.05) is 55.5 Å². The summed E-state index contributed by atoms with van der Waals surface area (Å²) in [7, 11) is 0. The summed E-state index contributed by atoms with van der Waals surface area (Å²) in [6.07, 6.45) is 1.25. The maximum atomic E-state index is 12.4. The molecule has 0 heterocycles. The molecule has 2 N–H and O–H groups in total. The van der Waals surface area contributed by atoms with Gasteiger partial charge in [-0.05, 0) is 66.4 Å². The minimum atomic E-state index is -0.961. The first-order chi connectivity index (χ1) is 17.3. The highest BCUT2D eigenvalue weighted by Crippen LogP contribution is 2.39. The number of aryl methyl sites for hydroxylation is 1. The molecule has 7 heteroatoms. The summed E-state index contributed by atoms with van der Waals surface area (Å²) in [5.74, 6) is -0.708. The van der Waals surface area contributed by atoms with E-state index >= 15 is 0 Å². The van der Waals surface area contributed by atoms with Crippen molar-refractivity contribution in [1.82, 2.24) is 5.32 Å². The van der Waals surface area contributed by atoms with Crippen LogP contribution in [0.4, 0.5) is 0 Å². The van der Waals surface area contributed by atoms with E-state index in [0.29, 0.717) is 21.9 Å². The lowest BCUT2D eigenvalue weighted by Gasteiger charge is -2.29. The number of nitrogens with zero attached hydrogens (tertiary/aromatic N) is 1. The second-order valence-corrected chi connectivity index (χ2v) is 9.03. The fourth-order valence-corrected chi connectivity index (χ4v) is 4.17. The second kappa shape index (κ2) is 12.8. The smallest absolute Gasteiger partial charge is 0.305 e. The predicted molar refractivity (Wildman–Crippen MR) is 139 cm³/mol. The molecule has 0 saturated carbocycles. The maximum absolute atomic E-state index is 12.4. The number of hydrogen-bond acceptors (Lipinski definition) is 4. The lowest BCUT2D eigenvalue weighted by Crippen LogP contribution is -2.26. The number of hydrogen-bond donors (Lipinski definition) is 2. The van der Waals surface area contributed by atoms with Crippen molar-refractivity contribution < 1.29 is 19.4 Å². The molecule has 0 spiro atoms. The number of amides is 1. The van der Waals surface area contributed by atoms with Gasteiger partial charge in [-0.3, -0.25) is 9.59 Å². The summed E-state index contributed by atoms with van der Waals surface area (Å²) in [5.41, 5.74) is 3.86. The van der Waals surface area contributed by atoms with E-state index in [4.69, 9.17) is 21.4 Å². The molecule has 0 bridgehead atoms. The Bertz CT molecular complexity index is 1230. The number of nitrogens with one attached hydrogen (secondary N) is 1. The highest BCUT2D eigenvalue weighted by Gasteiger charge is 2.27. The van der Waals surface area contributed by atoms with E-state index in [-0.39, 0.29) is 30.9 Å². The molecular formula is C29H29ClN2O4. The largest absolute Gasteiger partial charge is 0.485 e. The Morgan fingerprint density at radius 2 is 1.72 bits per heavy atom. The maximum Gasteiger partial charge on any atom is 0.305 e. The van der Waals surface area contributed by atoms with Gasteiger partial charge in [0.2, 0.25) is 0 Å². The monoisotopic (exact) mass is 504 g/mol. The van der Waals surface area contributed by atoms with E-state index in [2.05, 4.69) is 18.3 Å². The highest BCUT2D eigenvalue weighted by molar-refractivity contribution is 6.30. The van der Waals surface area contributed by atoms with Gasteiger partial charge in [-0.25, -0.2) is 0 Å².